The van der Waals surface area contributed by atoms with Crippen LogP contribution in [0.3, 0.4) is 0 Å². The molecule has 0 fully saturated rings. The van der Waals surface area contributed by atoms with Gasteiger partial charge in [0.2, 0.25) is 0 Å². The second-order valence-electron chi connectivity index (χ2n) is 7.93. The molecule has 3 rings (SSSR count). The van der Waals surface area contributed by atoms with Crippen molar-refractivity contribution in [2.24, 2.45) is 5.92 Å². The number of H-pyrrole nitrogens is 1. The minimum Gasteiger partial charge on any atom is -0.374 e. The summed E-state index contributed by atoms with van der Waals surface area (Å²) in [6.07, 6.45) is 6.99. The van der Waals surface area contributed by atoms with Gasteiger partial charge in [-0.15, -0.1) is 0 Å². The summed E-state index contributed by atoms with van der Waals surface area (Å²) in [5, 5.41) is 11.1. The minimum atomic E-state index is -0.606. The van der Waals surface area contributed by atoms with E-state index in [9.17, 15) is 10.1 Å². The van der Waals surface area contributed by atoms with E-state index in [-0.39, 0.29) is 5.56 Å². The molecule has 1 aromatic heterocycles. The molecule has 0 radical (unpaired) electrons. The van der Waals surface area contributed by atoms with Gasteiger partial charge in [0.15, 0.2) is 0 Å². The highest BCUT2D eigenvalue weighted by molar-refractivity contribution is 5.80. The van der Waals surface area contributed by atoms with Crippen molar-refractivity contribution in [2.45, 2.75) is 58.4 Å². The Morgan fingerprint density at radius 1 is 1.30 bits per heavy atom. The number of rotatable bonds is 6. The van der Waals surface area contributed by atoms with Gasteiger partial charge < -0.3 is 9.88 Å². The molecule has 0 saturated carbocycles. The van der Waals surface area contributed by atoms with Gasteiger partial charge in [0, 0.05) is 23.7 Å². The molecule has 142 valence electrons. The molecule has 0 aliphatic carbocycles. The number of pyridine rings is 1. The van der Waals surface area contributed by atoms with Crippen LogP contribution < -0.4 is 5.56 Å². The zero-order chi connectivity index (χ0) is 19.6. The number of aryl methyl sites for hydroxylation is 1. The lowest BCUT2D eigenvalue weighted by Crippen LogP contribution is -2.38. The summed E-state index contributed by atoms with van der Waals surface area (Å²) in [7, 11) is 0. The van der Waals surface area contributed by atoms with Crippen LogP contribution in [0, 0.1) is 17.2 Å². The van der Waals surface area contributed by atoms with Crippen LogP contribution in [0.2, 0.25) is 0 Å². The predicted molar refractivity (Wildman–Crippen MR) is 111 cm³/mol. The molecule has 4 nitrogen and oxygen atoms in total. The summed E-state index contributed by atoms with van der Waals surface area (Å²) in [4.78, 5) is 17.6. The highest BCUT2D eigenvalue weighted by Crippen LogP contribution is 2.36. The Hall–Kier alpha value is -2.54. The fourth-order valence-electron chi connectivity index (χ4n) is 4.09. The minimum absolute atomic E-state index is 0.0384. The second kappa shape index (κ2) is 7.60. The molecule has 1 N–H and O–H groups in total. The highest BCUT2D eigenvalue weighted by atomic mass is 16.1. The van der Waals surface area contributed by atoms with Crippen LogP contribution in [-0.2, 0) is 11.8 Å². The molecule has 2 aromatic rings. The number of benzene rings is 1. The third kappa shape index (κ3) is 3.64. The molecular weight excluding hydrogens is 334 g/mol. The molecule has 0 bridgehead atoms. The normalized spacial score (nSPS) is 21.4. The Balaban J connectivity index is 1.96. The zero-order valence-electron chi connectivity index (χ0n) is 16.7. The highest BCUT2D eigenvalue weighted by Gasteiger charge is 2.36. The maximum atomic E-state index is 12.2. The van der Waals surface area contributed by atoms with Gasteiger partial charge in [-0.25, -0.2) is 0 Å². The van der Waals surface area contributed by atoms with Crippen molar-refractivity contribution in [2.75, 3.05) is 6.54 Å². The van der Waals surface area contributed by atoms with Gasteiger partial charge in [-0.05, 0) is 61.4 Å². The van der Waals surface area contributed by atoms with Crippen LogP contribution in [0.4, 0.5) is 0 Å². The third-order valence-electron chi connectivity index (χ3n) is 5.90. The zero-order valence-corrected chi connectivity index (χ0v) is 16.7. The van der Waals surface area contributed by atoms with E-state index in [0.29, 0.717) is 18.4 Å². The average molecular weight is 364 g/mol. The maximum absolute atomic E-state index is 12.2. The first kappa shape index (κ1) is 19.2. The maximum Gasteiger partial charge on any atom is 0.251 e. The Labute approximate surface area is 161 Å². The SMILES string of the molecule is CCCN1C=CC(C)C1CC(C)(C#N)c1ccc2cc(CC)c(=O)[nH]c2c1. The molecule has 27 heavy (non-hydrogen) atoms. The smallest absolute Gasteiger partial charge is 0.251 e. The van der Waals surface area contributed by atoms with E-state index in [1.807, 2.05) is 38.1 Å². The van der Waals surface area contributed by atoms with E-state index in [2.05, 4.69) is 42.1 Å². The largest absolute Gasteiger partial charge is 0.374 e. The molecule has 4 heteroatoms. The summed E-state index contributed by atoms with van der Waals surface area (Å²) < 4.78 is 0. The van der Waals surface area contributed by atoms with E-state index in [1.165, 1.54) is 0 Å². The number of fused-ring (bicyclic) bond motifs is 1. The van der Waals surface area contributed by atoms with Gasteiger partial charge in [0.25, 0.3) is 5.56 Å². The molecule has 1 aromatic carbocycles. The van der Waals surface area contributed by atoms with Gasteiger partial charge in [0.05, 0.1) is 11.5 Å². The monoisotopic (exact) mass is 363 g/mol. The van der Waals surface area contributed by atoms with Crippen molar-refractivity contribution < 1.29 is 0 Å². The number of hydrogen-bond acceptors (Lipinski definition) is 3. The molecule has 0 spiro atoms. The van der Waals surface area contributed by atoms with E-state index < -0.39 is 5.41 Å². The Kier molecular flexibility index (Phi) is 5.41. The Bertz CT molecular complexity index is 952. The van der Waals surface area contributed by atoms with Gasteiger partial charge >= 0.3 is 0 Å². The van der Waals surface area contributed by atoms with Gasteiger partial charge in [0.1, 0.15) is 0 Å². The number of nitrogens with one attached hydrogen (secondary N) is 1. The average Bonchev–Trinajstić information content (AvgIpc) is 3.00. The number of hydrogen-bond donors (Lipinski definition) is 1. The van der Waals surface area contributed by atoms with Gasteiger partial charge in [-0.2, -0.15) is 5.26 Å². The standard InChI is InChI=1S/C23H29N3O/c1-5-10-26-11-9-16(3)21(26)14-23(4,15-24)19-8-7-18-12-17(6-2)22(27)25-20(18)13-19/h7-9,11-13,16,21H,5-6,10,14H2,1-4H3,(H,25,27). The molecule has 0 saturated heterocycles. The lowest BCUT2D eigenvalue weighted by Gasteiger charge is -2.34. The van der Waals surface area contributed by atoms with Crippen LogP contribution in [0.5, 0.6) is 0 Å². The quantitative estimate of drug-likeness (QED) is 0.822. The number of aromatic nitrogens is 1. The Morgan fingerprint density at radius 2 is 2.07 bits per heavy atom. The second-order valence-corrected chi connectivity index (χ2v) is 7.93. The van der Waals surface area contributed by atoms with Crippen molar-refractivity contribution in [3.8, 4) is 6.07 Å². The summed E-state index contributed by atoms with van der Waals surface area (Å²) in [6, 6.07) is 10.9. The first-order valence-electron chi connectivity index (χ1n) is 9.93. The molecule has 3 atom stereocenters. The van der Waals surface area contributed by atoms with Crippen molar-refractivity contribution in [1.82, 2.24) is 9.88 Å². The Morgan fingerprint density at radius 3 is 2.74 bits per heavy atom. The molecule has 1 aliphatic rings. The number of nitrogens with zero attached hydrogens (tertiary/aromatic N) is 2. The number of nitriles is 1. The lowest BCUT2D eigenvalue weighted by molar-refractivity contribution is 0.225. The third-order valence-corrected chi connectivity index (χ3v) is 5.90. The van der Waals surface area contributed by atoms with E-state index in [4.69, 9.17) is 0 Å². The summed E-state index contributed by atoms with van der Waals surface area (Å²) in [6.45, 7) is 9.41. The van der Waals surface area contributed by atoms with Crippen LogP contribution in [0.15, 0.2) is 41.3 Å². The van der Waals surface area contributed by atoms with E-state index in [1.54, 1.807) is 0 Å². The van der Waals surface area contributed by atoms with Crippen LogP contribution in [0.1, 0.15) is 51.7 Å². The van der Waals surface area contributed by atoms with Crippen LogP contribution in [-0.4, -0.2) is 22.5 Å². The van der Waals surface area contributed by atoms with Crippen molar-refractivity contribution in [3.05, 3.63) is 58.0 Å². The topological polar surface area (TPSA) is 59.9 Å². The molecule has 0 amide bonds. The predicted octanol–water partition coefficient (Wildman–Crippen LogP) is 4.51. The van der Waals surface area contributed by atoms with Crippen LogP contribution in [0.25, 0.3) is 10.9 Å². The first-order chi connectivity index (χ1) is 12.9. The first-order valence-corrected chi connectivity index (χ1v) is 9.93. The number of aromatic amines is 1. The van der Waals surface area contributed by atoms with Gasteiger partial charge in [-0.1, -0.05) is 39.0 Å². The van der Waals surface area contributed by atoms with E-state index >= 15 is 0 Å². The van der Waals surface area contributed by atoms with Crippen molar-refractivity contribution in [3.63, 3.8) is 0 Å². The molecule has 3 unspecified atom stereocenters. The van der Waals surface area contributed by atoms with Gasteiger partial charge in [-0.3, -0.25) is 4.79 Å². The van der Waals surface area contributed by atoms with Crippen molar-refractivity contribution in [1.29, 1.82) is 5.26 Å². The fraction of sp³-hybridized carbons (Fsp3) is 0.478. The lowest BCUT2D eigenvalue weighted by atomic mass is 9.76. The fourth-order valence-corrected chi connectivity index (χ4v) is 4.09. The molecule has 1 aliphatic heterocycles. The van der Waals surface area contributed by atoms with Crippen molar-refractivity contribution >= 4 is 10.9 Å². The summed E-state index contributed by atoms with van der Waals surface area (Å²) >= 11 is 0. The molecular formula is C23H29N3O. The van der Waals surface area contributed by atoms with E-state index in [0.717, 1.165) is 41.4 Å². The molecule has 2 heterocycles. The summed E-state index contributed by atoms with van der Waals surface area (Å²) in [5.41, 5.74) is 1.92. The summed E-state index contributed by atoms with van der Waals surface area (Å²) in [5.74, 6) is 0.427. The van der Waals surface area contributed by atoms with Crippen LogP contribution >= 0.6 is 0 Å².